The van der Waals surface area contributed by atoms with Crippen LogP contribution in [0.15, 0.2) is 24.3 Å². The molecular weight excluding hydrogens is 713 g/mol. The van der Waals surface area contributed by atoms with Gasteiger partial charge in [0.05, 0.1) is 31.5 Å². The highest BCUT2D eigenvalue weighted by molar-refractivity contribution is 7.47. The average molecular weight is 790 g/mol. The molecule has 0 spiro atoms. The van der Waals surface area contributed by atoms with Crippen molar-refractivity contribution in [1.29, 1.82) is 0 Å². The van der Waals surface area contributed by atoms with E-state index in [0.29, 0.717) is 25.7 Å². The van der Waals surface area contributed by atoms with Crippen LogP contribution in [0.5, 0.6) is 0 Å². The normalized spacial score (nSPS) is 21.1. The number of unbranched alkanes of at least 4 members (excludes halogenated alkanes) is 14. The van der Waals surface area contributed by atoms with E-state index in [-0.39, 0.29) is 44.4 Å². The van der Waals surface area contributed by atoms with Gasteiger partial charge in [0.1, 0.15) is 6.61 Å². The first kappa shape index (κ1) is 50.4. The standard InChI is InChI=1S/C41H76NO11P/c1-3-5-7-8-9-10-11-12-13-14-15-16-21-25-40(46)50-32-35(33-52-54(48,49)51-30-29-42)53-41(47)26-22-18-17-20-24-36-37(39(45)31-38(36)44)28-27-34(43)23-19-6-4-2/h10-11,27-28,34-39,43-45H,3-9,12-26,29-33,42H2,1-2H3,(H,48,49)/b11-10-,28-27+/t34-,35+,36+,37+,38-,39+/m0/s1. The Hall–Kier alpha value is -1.63. The fraction of sp³-hybridized carbons (Fsp3) is 0.854. The highest BCUT2D eigenvalue weighted by Gasteiger charge is 2.39. The van der Waals surface area contributed by atoms with Crippen molar-refractivity contribution in [1.82, 2.24) is 0 Å². The van der Waals surface area contributed by atoms with Crippen molar-refractivity contribution >= 4 is 19.8 Å². The van der Waals surface area contributed by atoms with Gasteiger partial charge >= 0.3 is 19.8 Å². The van der Waals surface area contributed by atoms with Gasteiger partial charge in [-0.1, -0.05) is 115 Å². The summed E-state index contributed by atoms with van der Waals surface area (Å²) in [5.74, 6) is -1.27. The van der Waals surface area contributed by atoms with Crippen molar-refractivity contribution < 1.29 is 52.9 Å². The van der Waals surface area contributed by atoms with E-state index in [9.17, 15) is 34.4 Å². The molecule has 7 atom stereocenters. The Bertz CT molecular complexity index is 1060. The van der Waals surface area contributed by atoms with Crippen LogP contribution in [0.1, 0.15) is 162 Å². The maximum atomic E-state index is 12.7. The number of rotatable bonds is 35. The lowest BCUT2D eigenvalue weighted by Gasteiger charge is -2.21. The molecule has 6 N–H and O–H groups in total. The fourth-order valence-corrected chi connectivity index (χ4v) is 7.49. The number of nitrogens with two attached hydrogens (primary N) is 1. The molecule has 0 radical (unpaired) electrons. The van der Waals surface area contributed by atoms with Crippen molar-refractivity contribution in [3.05, 3.63) is 24.3 Å². The van der Waals surface area contributed by atoms with E-state index in [1.54, 1.807) is 6.08 Å². The first-order valence-corrected chi connectivity index (χ1v) is 22.6. The zero-order chi connectivity index (χ0) is 39.9. The summed E-state index contributed by atoms with van der Waals surface area (Å²) in [6.07, 6.45) is 25.6. The van der Waals surface area contributed by atoms with Crippen LogP contribution in [0.2, 0.25) is 0 Å². The summed E-state index contributed by atoms with van der Waals surface area (Å²) < 4.78 is 32.7. The Morgan fingerprint density at radius 2 is 1.37 bits per heavy atom. The predicted molar refractivity (Wildman–Crippen MR) is 212 cm³/mol. The lowest BCUT2D eigenvalue weighted by molar-refractivity contribution is -0.161. The van der Waals surface area contributed by atoms with Crippen LogP contribution in [-0.2, 0) is 32.7 Å². The molecule has 0 saturated heterocycles. The van der Waals surface area contributed by atoms with Gasteiger partial charge in [0.25, 0.3) is 0 Å². The van der Waals surface area contributed by atoms with Crippen LogP contribution in [-0.4, -0.2) is 82.9 Å². The van der Waals surface area contributed by atoms with Gasteiger partial charge < -0.3 is 35.4 Å². The summed E-state index contributed by atoms with van der Waals surface area (Å²) in [5.41, 5.74) is 5.34. The molecule has 0 aromatic heterocycles. The molecule has 0 bridgehead atoms. The number of hydrogen-bond acceptors (Lipinski definition) is 11. The number of allylic oxidation sites excluding steroid dienone is 2. The molecule has 1 saturated carbocycles. The largest absolute Gasteiger partial charge is 0.472 e. The van der Waals surface area contributed by atoms with Crippen molar-refractivity contribution in [3.8, 4) is 0 Å². The van der Waals surface area contributed by atoms with Crippen molar-refractivity contribution in [2.75, 3.05) is 26.4 Å². The Kier molecular flexibility index (Phi) is 30.3. The van der Waals surface area contributed by atoms with Crippen molar-refractivity contribution in [2.24, 2.45) is 17.6 Å². The summed E-state index contributed by atoms with van der Waals surface area (Å²) >= 11 is 0. The quantitative estimate of drug-likeness (QED) is 0.0180. The van der Waals surface area contributed by atoms with E-state index in [2.05, 4.69) is 26.0 Å². The van der Waals surface area contributed by atoms with E-state index in [4.69, 9.17) is 24.3 Å². The molecule has 13 heteroatoms. The summed E-state index contributed by atoms with van der Waals surface area (Å²) in [6.45, 7) is 3.35. The van der Waals surface area contributed by atoms with Crippen LogP contribution in [0, 0.1) is 11.8 Å². The molecule has 0 heterocycles. The van der Waals surface area contributed by atoms with Crippen LogP contribution < -0.4 is 5.73 Å². The zero-order valence-electron chi connectivity index (χ0n) is 33.5. The monoisotopic (exact) mass is 790 g/mol. The first-order valence-electron chi connectivity index (χ1n) is 21.1. The molecule has 1 unspecified atom stereocenters. The smallest absolute Gasteiger partial charge is 0.462 e. The molecule has 1 aliphatic rings. The number of carbonyl (C=O) groups is 2. The number of phosphoric acid groups is 1. The second-order valence-electron chi connectivity index (χ2n) is 14.8. The zero-order valence-corrected chi connectivity index (χ0v) is 34.4. The van der Waals surface area contributed by atoms with Gasteiger partial charge in [0, 0.05) is 31.7 Å². The van der Waals surface area contributed by atoms with Gasteiger partial charge in [0.2, 0.25) is 0 Å². The summed E-state index contributed by atoms with van der Waals surface area (Å²) in [7, 11) is -4.44. The highest BCUT2D eigenvalue weighted by Crippen LogP contribution is 2.43. The Morgan fingerprint density at radius 3 is 2.04 bits per heavy atom. The van der Waals surface area contributed by atoms with Gasteiger partial charge in [-0.15, -0.1) is 0 Å². The molecule has 1 rings (SSSR count). The third kappa shape index (κ3) is 26.3. The highest BCUT2D eigenvalue weighted by atomic mass is 31.2. The third-order valence-electron chi connectivity index (χ3n) is 9.91. The maximum Gasteiger partial charge on any atom is 0.472 e. The van der Waals surface area contributed by atoms with E-state index >= 15 is 0 Å². The minimum absolute atomic E-state index is 0.0182. The van der Waals surface area contributed by atoms with Gasteiger partial charge in [0.15, 0.2) is 6.10 Å². The molecule has 12 nitrogen and oxygen atoms in total. The number of aliphatic hydroxyl groups is 3. The van der Waals surface area contributed by atoms with Gasteiger partial charge in [-0.2, -0.15) is 0 Å². The number of phosphoric ester groups is 1. The van der Waals surface area contributed by atoms with Gasteiger partial charge in [-0.3, -0.25) is 18.6 Å². The average Bonchev–Trinajstić information content (AvgIpc) is 3.41. The number of hydrogen-bond donors (Lipinski definition) is 5. The molecule has 0 amide bonds. The molecule has 1 fully saturated rings. The Morgan fingerprint density at radius 1 is 0.778 bits per heavy atom. The number of esters is 2. The Labute approximate surface area is 326 Å². The summed E-state index contributed by atoms with van der Waals surface area (Å²) in [6, 6.07) is 0. The van der Waals surface area contributed by atoms with Crippen LogP contribution >= 0.6 is 7.82 Å². The van der Waals surface area contributed by atoms with Gasteiger partial charge in [-0.05, 0) is 57.3 Å². The summed E-state index contributed by atoms with van der Waals surface area (Å²) in [5, 5.41) is 31.3. The van der Waals surface area contributed by atoms with Crippen molar-refractivity contribution in [2.45, 2.75) is 186 Å². The minimum Gasteiger partial charge on any atom is -0.462 e. The van der Waals surface area contributed by atoms with E-state index in [1.807, 2.05) is 6.08 Å². The molecule has 0 aromatic rings. The lowest BCUT2D eigenvalue weighted by Crippen LogP contribution is -2.29. The molecule has 0 aromatic carbocycles. The Balaban J connectivity index is 2.41. The third-order valence-corrected chi connectivity index (χ3v) is 10.9. The summed E-state index contributed by atoms with van der Waals surface area (Å²) in [4.78, 5) is 35.0. The SMILES string of the molecule is CCCCCC/C=C\CCCCCCCC(=O)OC[C@H](COP(=O)(O)OCCN)OC(=O)CCCCCC[C@@H]1[C@@H](/C=C/[C@@H](O)CCCCC)[C@H](O)C[C@@H]1O. The second kappa shape index (κ2) is 32.5. The molecule has 1 aliphatic carbocycles. The topological polar surface area (TPSA) is 195 Å². The van der Waals surface area contributed by atoms with Crippen LogP contribution in [0.3, 0.4) is 0 Å². The number of aliphatic hydroxyl groups excluding tert-OH is 3. The maximum absolute atomic E-state index is 12.7. The van der Waals surface area contributed by atoms with E-state index < -0.39 is 50.8 Å². The number of carbonyl (C=O) groups excluding carboxylic acids is 2. The minimum atomic E-state index is -4.44. The lowest BCUT2D eigenvalue weighted by atomic mass is 9.88. The van der Waals surface area contributed by atoms with E-state index in [1.165, 1.54) is 25.7 Å². The number of ether oxygens (including phenoxy) is 2. The van der Waals surface area contributed by atoms with Crippen LogP contribution in [0.25, 0.3) is 0 Å². The van der Waals surface area contributed by atoms with E-state index in [0.717, 1.165) is 83.5 Å². The van der Waals surface area contributed by atoms with Gasteiger partial charge in [-0.25, -0.2) is 4.57 Å². The molecule has 54 heavy (non-hydrogen) atoms. The molecule has 0 aliphatic heterocycles. The first-order chi connectivity index (χ1) is 26.0. The predicted octanol–water partition coefficient (Wildman–Crippen LogP) is 7.99. The van der Waals surface area contributed by atoms with Crippen LogP contribution in [0.4, 0.5) is 0 Å². The molecule has 316 valence electrons. The second-order valence-corrected chi connectivity index (χ2v) is 16.3. The fourth-order valence-electron chi connectivity index (χ4n) is 6.72. The molecular formula is C41H76NO11P. The van der Waals surface area contributed by atoms with Crippen molar-refractivity contribution in [3.63, 3.8) is 0 Å².